The number of nitrogens with zero attached hydrogens (tertiary/aromatic N) is 4. The lowest BCUT2D eigenvalue weighted by Gasteiger charge is -2.39. The van der Waals surface area contributed by atoms with Crippen LogP contribution in [0.2, 0.25) is 0 Å². The lowest BCUT2D eigenvalue weighted by Crippen LogP contribution is -2.56. The average Bonchev–Trinajstić information content (AvgIpc) is 2.98. The highest BCUT2D eigenvalue weighted by molar-refractivity contribution is 5.92. The molecule has 1 aromatic carbocycles. The zero-order chi connectivity index (χ0) is 22.4. The summed E-state index contributed by atoms with van der Waals surface area (Å²) in [6.07, 6.45) is 0.211. The molecule has 1 aromatic heterocycles. The zero-order valence-electron chi connectivity index (χ0n) is 16.6. The largest absolute Gasteiger partial charge is 0.369 e. The number of nitrogens with two attached hydrogens (primary N) is 1. The van der Waals surface area contributed by atoms with Gasteiger partial charge in [0.2, 0.25) is 5.60 Å². The number of likely N-dealkylation sites (N-methyl/N-ethyl adjacent to an activating group) is 1. The van der Waals surface area contributed by atoms with Gasteiger partial charge in [0.25, 0.3) is 17.7 Å². The molecule has 2 amide bonds. The Morgan fingerprint density at radius 1 is 1.26 bits per heavy atom. The minimum absolute atomic E-state index is 0.0967. The van der Waals surface area contributed by atoms with Crippen molar-refractivity contribution in [1.82, 2.24) is 14.9 Å². The lowest BCUT2D eigenvalue weighted by atomic mass is 10.0. The van der Waals surface area contributed by atoms with Crippen molar-refractivity contribution >= 4 is 17.6 Å². The Morgan fingerprint density at radius 2 is 2.00 bits per heavy atom. The molecule has 2 aliphatic heterocycles. The number of hydrogen-bond acceptors (Lipinski definition) is 6. The minimum atomic E-state index is -2.81. The van der Waals surface area contributed by atoms with Crippen LogP contribution < -0.4 is 10.6 Å². The van der Waals surface area contributed by atoms with Crippen molar-refractivity contribution in [3.63, 3.8) is 0 Å². The molecule has 2 saturated heterocycles. The maximum Gasteiger partial charge on any atom is 0.282 e. The fraction of sp³-hybridized carbons (Fsp3) is 0.333. The molecule has 0 bridgehead atoms. The second-order valence-corrected chi connectivity index (χ2v) is 7.68. The number of benzene rings is 1. The summed E-state index contributed by atoms with van der Waals surface area (Å²) in [5.74, 6) is 1.65. The van der Waals surface area contributed by atoms with Crippen molar-refractivity contribution < 1.29 is 23.5 Å². The Bertz CT molecular complexity index is 1140. The summed E-state index contributed by atoms with van der Waals surface area (Å²) in [5.41, 5.74) is 4.48. The van der Waals surface area contributed by atoms with E-state index in [0.29, 0.717) is 17.7 Å². The highest BCUT2D eigenvalue weighted by Crippen LogP contribution is 2.32. The van der Waals surface area contributed by atoms with E-state index in [-0.39, 0.29) is 23.8 Å². The van der Waals surface area contributed by atoms with E-state index in [0.717, 1.165) is 0 Å². The molecule has 0 aliphatic carbocycles. The van der Waals surface area contributed by atoms with Crippen molar-refractivity contribution in [1.29, 1.82) is 0 Å². The SMILES string of the molecule is CN1CCC(O)(C#Cc2cccc(-c3nc(C(N)=O)cc(N4CC(F)(F)C4)n3)c2)C1=O. The molecule has 4 rings (SSSR count). The molecule has 31 heavy (non-hydrogen) atoms. The maximum atomic E-state index is 13.3. The Labute approximate surface area is 176 Å². The van der Waals surface area contributed by atoms with Crippen LogP contribution in [0, 0.1) is 11.8 Å². The average molecular weight is 427 g/mol. The molecule has 2 aliphatic rings. The monoisotopic (exact) mass is 427 g/mol. The van der Waals surface area contributed by atoms with Gasteiger partial charge in [-0.05, 0) is 12.1 Å². The summed E-state index contributed by atoms with van der Waals surface area (Å²) in [4.78, 5) is 34.9. The summed E-state index contributed by atoms with van der Waals surface area (Å²) in [7, 11) is 1.59. The van der Waals surface area contributed by atoms with Gasteiger partial charge in [-0.3, -0.25) is 9.59 Å². The molecule has 2 fully saturated rings. The first-order valence-corrected chi connectivity index (χ1v) is 9.50. The van der Waals surface area contributed by atoms with Gasteiger partial charge in [0, 0.05) is 37.2 Å². The van der Waals surface area contributed by atoms with E-state index in [4.69, 9.17) is 5.73 Å². The Hall–Kier alpha value is -3.58. The molecule has 8 nitrogen and oxygen atoms in total. The van der Waals surface area contributed by atoms with Crippen LogP contribution in [0.25, 0.3) is 11.4 Å². The van der Waals surface area contributed by atoms with Crippen LogP contribution in [0.4, 0.5) is 14.6 Å². The first-order valence-electron chi connectivity index (χ1n) is 9.50. The van der Waals surface area contributed by atoms with Gasteiger partial charge in [-0.1, -0.05) is 24.0 Å². The number of halogens is 2. The van der Waals surface area contributed by atoms with Gasteiger partial charge < -0.3 is 20.6 Å². The fourth-order valence-electron chi connectivity index (χ4n) is 3.41. The van der Waals surface area contributed by atoms with Gasteiger partial charge in [0.05, 0.1) is 13.1 Å². The van der Waals surface area contributed by atoms with Gasteiger partial charge in [0.15, 0.2) is 5.82 Å². The standard InChI is InChI=1S/C21H19F2N5O3/c1-27-8-7-20(31,19(27)30)6-5-13-3-2-4-14(9-13)18-25-15(17(24)29)10-16(26-18)28-11-21(22,23)12-28/h2-4,9-10,31H,7-8,11-12H2,1H3,(H2,24,29). The van der Waals surface area contributed by atoms with Crippen LogP contribution >= 0.6 is 0 Å². The number of carbonyl (C=O) groups excluding carboxylic acids is 2. The number of likely N-dealkylation sites (tertiary alicyclic amines) is 1. The van der Waals surface area contributed by atoms with Crippen LogP contribution in [0.3, 0.4) is 0 Å². The third-order valence-corrected chi connectivity index (χ3v) is 5.18. The number of rotatable bonds is 3. The normalized spacial score (nSPS) is 22.0. The predicted molar refractivity (Wildman–Crippen MR) is 107 cm³/mol. The molecule has 0 saturated carbocycles. The molecule has 160 valence electrons. The number of carbonyl (C=O) groups is 2. The number of amides is 2. The van der Waals surface area contributed by atoms with Crippen molar-refractivity contribution in [3.05, 3.63) is 41.6 Å². The first-order chi connectivity index (χ1) is 14.6. The number of hydrogen-bond donors (Lipinski definition) is 2. The van der Waals surface area contributed by atoms with Gasteiger partial charge in [0.1, 0.15) is 11.5 Å². The van der Waals surface area contributed by atoms with E-state index in [1.54, 1.807) is 31.3 Å². The molecular weight excluding hydrogens is 408 g/mol. The van der Waals surface area contributed by atoms with E-state index in [9.17, 15) is 23.5 Å². The summed E-state index contributed by atoms with van der Waals surface area (Å²) in [5, 5.41) is 10.4. The molecule has 3 heterocycles. The van der Waals surface area contributed by atoms with Gasteiger partial charge in [-0.2, -0.15) is 0 Å². The molecule has 1 atom stereocenters. The van der Waals surface area contributed by atoms with E-state index in [1.165, 1.54) is 15.9 Å². The maximum absolute atomic E-state index is 13.3. The van der Waals surface area contributed by atoms with Crippen LogP contribution in [-0.4, -0.2) is 70.0 Å². The summed E-state index contributed by atoms with van der Waals surface area (Å²) in [6, 6.07) is 7.92. The van der Waals surface area contributed by atoms with E-state index < -0.39 is 36.4 Å². The zero-order valence-corrected chi connectivity index (χ0v) is 16.6. The summed E-state index contributed by atoms with van der Waals surface area (Å²) < 4.78 is 26.5. The Kier molecular flexibility index (Phi) is 4.86. The molecule has 3 N–H and O–H groups in total. The van der Waals surface area contributed by atoms with E-state index >= 15 is 0 Å². The molecule has 0 spiro atoms. The van der Waals surface area contributed by atoms with Crippen molar-refractivity contribution in [2.75, 3.05) is 31.6 Å². The third-order valence-electron chi connectivity index (χ3n) is 5.18. The highest BCUT2D eigenvalue weighted by Gasteiger charge is 2.45. The molecule has 2 aromatic rings. The Morgan fingerprint density at radius 3 is 2.61 bits per heavy atom. The third kappa shape index (κ3) is 4.04. The van der Waals surface area contributed by atoms with Crippen molar-refractivity contribution in [2.24, 2.45) is 5.73 Å². The number of anilines is 1. The quantitative estimate of drug-likeness (QED) is 0.696. The molecule has 1 unspecified atom stereocenters. The fourth-order valence-corrected chi connectivity index (χ4v) is 3.41. The number of primary amides is 1. The van der Waals surface area contributed by atoms with Crippen molar-refractivity contribution in [3.8, 4) is 23.2 Å². The van der Waals surface area contributed by atoms with Gasteiger partial charge in [-0.25, -0.2) is 18.7 Å². The Balaban J connectivity index is 1.67. The molecule has 10 heteroatoms. The first kappa shape index (κ1) is 20.7. The van der Waals surface area contributed by atoms with Gasteiger partial charge >= 0.3 is 0 Å². The second kappa shape index (κ2) is 7.28. The lowest BCUT2D eigenvalue weighted by molar-refractivity contribution is -0.137. The van der Waals surface area contributed by atoms with E-state index in [2.05, 4.69) is 21.8 Å². The second-order valence-electron chi connectivity index (χ2n) is 7.68. The highest BCUT2D eigenvalue weighted by atomic mass is 19.3. The molecular formula is C21H19F2N5O3. The number of alkyl halides is 2. The summed E-state index contributed by atoms with van der Waals surface area (Å²) in [6.45, 7) is -0.599. The van der Waals surface area contributed by atoms with Crippen LogP contribution in [0.1, 0.15) is 22.5 Å². The minimum Gasteiger partial charge on any atom is -0.369 e. The predicted octanol–water partition coefficient (Wildman–Crippen LogP) is 0.642. The van der Waals surface area contributed by atoms with Crippen molar-refractivity contribution in [2.45, 2.75) is 17.9 Å². The number of aliphatic hydroxyl groups is 1. The van der Waals surface area contributed by atoms with Gasteiger partial charge in [-0.15, -0.1) is 0 Å². The van der Waals surface area contributed by atoms with Crippen LogP contribution in [-0.2, 0) is 4.79 Å². The number of aromatic nitrogens is 2. The van der Waals surface area contributed by atoms with Crippen LogP contribution in [0.5, 0.6) is 0 Å². The van der Waals surface area contributed by atoms with E-state index in [1.807, 2.05) is 0 Å². The smallest absolute Gasteiger partial charge is 0.282 e. The van der Waals surface area contributed by atoms with Crippen LogP contribution in [0.15, 0.2) is 30.3 Å². The molecule has 0 radical (unpaired) electrons. The summed E-state index contributed by atoms with van der Waals surface area (Å²) >= 11 is 0. The topological polar surface area (TPSA) is 113 Å².